The second-order valence-electron chi connectivity index (χ2n) is 8.55. The van der Waals surface area contributed by atoms with E-state index in [1.54, 1.807) is 13.1 Å². The molecule has 4 rings (SSSR count). The molecular formula is C25H30N4O3S. The van der Waals surface area contributed by atoms with Crippen molar-refractivity contribution >= 4 is 33.0 Å². The van der Waals surface area contributed by atoms with Crippen molar-refractivity contribution in [2.45, 2.75) is 33.2 Å². The number of hydrazone groups is 1. The Morgan fingerprint density at radius 2 is 2.03 bits per heavy atom. The third kappa shape index (κ3) is 5.34. The molecule has 2 heterocycles. The Balaban J connectivity index is 1.47. The number of hydrogen-bond donors (Lipinski definition) is 1. The zero-order chi connectivity index (χ0) is 23.4. The van der Waals surface area contributed by atoms with Gasteiger partial charge < -0.3 is 4.57 Å². The Morgan fingerprint density at radius 1 is 1.21 bits per heavy atom. The molecule has 7 nitrogen and oxygen atoms in total. The van der Waals surface area contributed by atoms with Crippen molar-refractivity contribution < 1.29 is 13.2 Å². The number of amides is 1. The summed E-state index contributed by atoms with van der Waals surface area (Å²) < 4.78 is 27.9. The summed E-state index contributed by atoms with van der Waals surface area (Å²) in [5.74, 6) is -0.586. The van der Waals surface area contributed by atoms with Crippen molar-refractivity contribution in [3.63, 3.8) is 0 Å². The lowest BCUT2D eigenvalue weighted by molar-refractivity contribution is -0.126. The van der Waals surface area contributed by atoms with E-state index in [1.807, 2.05) is 24.4 Å². The molecule has 1 aromatic heterocycles. The first-order valence-electron chi connectivity index (χ1n) is 11.3. The zero-order valence-electron chi connectivity index (χ0n) is 19.1. The van der Waals surface area contributed by atoms with Crippen LogP contribution in [-0.4, -0.2) is 48.3 Å². The molecule has 1 amide bonds. The average molecular weight is 467 g/mol. The highest BCUT2D eigenvalue weighted by molar-refractivity contribution is 7.89. The number of piperidine rings is 1. The first-order chi connectivity index (χ1) is 15.9. The van der Waals surface area contributed by atoms with E-state index in [-0.39, 0.29) is 24.1 Å². The van der Waals surface area contributed by atoms with Gasteiger partial charge in [0.1, 0.15) is 0 Å². The molecule has 2 aromatic carbocycles. The zero-order valence-corrected chi connectivity index (χ0v) is 19.9. The van der Waals surface area contributed by atoms with Gasteiger partial charge in [0.2, 0.25) is 15.9 Å². The van der Waals surface area contributed by atoms with E-state index in [1.165, 1.54) is 15.4 Å². The standard InChI is InChI=1S/C25H30N4O3S/c1-3-33(31,32)29-13-7-10-21(18-29)25(30)27-26-15-22-17-28(24-12-5-4-11-23(22)24)16-20-9-6-8-19(2)14-20/h4-6,8-9,11-12,14-15,17,21H,3,7,10,13,16,18H2,1-2H3,(H,27,30)/b26-15-/t21-/m1/s1. The molecule has 1 fully saturated rings. The maximum absolute atomic E-state index is 12.6. The van der Waals surface area contributed by atoms with Crippen molar-refractivity contribution in [3.05, 3.63) is 71.4 Å². The molecule has 0 bridgehead atoms. The Bertz CT molecular complexity index is 1280. The summed E-state index contributed by atoms with van der Waals surface area (Å²) >= 11 is 0. The number of nitrogens with zero attached hydrogens (tertiary/aromatic N) is 3. The fourth-order valence-corrected chi connectivity index (χ4v) is 5.54. The minimum absolute atomic E-state index is 0.0477. The molecule has 0 spiro atoms. The van der Waals surface area contributed by atoms with E-state index in [9.17, 15) is 13.2 Å². The molecule has 1 saturated heterocycles. The van der Waals surface area contributed by atoms with Crippen molar-refractivity contribution in [1.29, 1.82) is 0 Å². The quantitative estimate of drug-likeness (QED) is 0.427. The second kappa shape index (κ2) is 9.89. The highest BCUT2D eigenvalue weighted by atomic mass is 32.2. The first kappa shape index (κ1) is 23.2. The number of benzene rings is 2. The number of rotatable bonds is 7. The molecular weight excluding hydrogens is 436 g/mol. The molecule has 3 aromatic rings. The molecule has 0 radical (unpaired) electrons. The van der Waals surface area contributed by atoms with Gasteiger partial charge >= 0.3 is 0 Å². The molecule has 0 aliphatic carbocycles. The van der Waals surface area contributed by atoms with Crippen molar-refractivity contribution in [2.24, 2.45) is 11.0 Å². The molecule has 0 unspecified atom stereocenters. The van der Waals surface area contributed by atoms with Crippen LogP contribution >= 0.6 is 0 Å². The van der Waals surface area contributed by atoms with Crippen molar-refractivity contribution in [3.8, 4) is 0 Å². The fraction of sp³-hybridized carbons (Fsp3) is 0.360. The van der Waals surface area contributed by atoms with Crippen molar-refractivity contribution in [1.82, 2.24) is 14.3 Å². The SMILES string of the molecule is CCS(=O)(=O)N1CCC[C@@H](C(=O)N/N=C\c2cn(Cc3cccc(C)c3)c3ccccc23)C1. The maximum atomic E-state index is 12.6. The van der Waals surface area contributed by atoms with Crippen LogP contribution in [0.5, 0.6) is 0 Å². The molecule has 1 aliphatic heterocycles. The minimum Gasteiger partial charge on any atom is -0.342 e. The van der Waals surface area contributed by atoms with Crippen LogP contribution < -0.4 is 5.43 Å². The van der Waals surface area contributed by atoms with Crippen molar-refractivity contribution in [2.75, 3.05) is 18.8 Å². The lowest BCUT2D eigenvalue weighted by Crippen LogP contribution is -2.45. The minimum atomic E-state index is -3.29. The van der Waals surface area contributed by atoms with E-state index in [0.29, 0.717) is 19.4 Å². The highest BCUT2D eigenvalue weighted by Gasteiger charge is 2.31. The van der Waals surface area contributed by atoms with Gasteiger partial charge in [0, 0.05) is 42.3 Å². The number of aryl methyl sites for hydroxylation is 1. The van der Waals surface area contributed by atoms with Gasteiger partial charge in [-0.05, 0) is 38.3 Å². The topological polar surface area (TPSA) is 83.8 Å². The van der Waals surface area contributed by atoms with Crippen LogP contribution in [0.15, 0.2) is 59.8 Å². The predicted molar refractivity (Wildman–Crippen MR) is 132 cm³/mol. The lowest BCUT2D eigenvalue weighted by Gasteiger charge is -2.30. The predicted octanol–water partition coefficient (Wildman–Crippen LogP) is 3.51. The van der Waals surface area contributed by atoms with Crippen LogP contribution in [0.3, 0.4) is 0 Å². The van der Waals surface area contributed by atoms with Gasteiger partial charge in [-0.25, -0.2) is 18.1 Å². The second-order valence-corrected chi connectivity index (χ2v) is 10.8. The lowest BCUT2D eigenvalue weighted by atomic mass is 9.99. The van der Waals surface area contributed by atoms with Gasteiger partial charge in [-0.15, -0.1) is 0 Å². The van der Waals surface area contributed by atoms with Gasteiger partial charge in [-0.2, -0.15) is 5.10 Å². The maximum Gasteiger partial charge on any atom is 0.244 e. The number of aromatic nitrogens is 1. The Labute approximate surface area is 195 Å². The smallest absolute Gasteiger partial charge is 0.244 e. The Morgan fingerprint density at radius 3 is 2.82 bits per heavy atom. The van der Waals surface area contributed by atoms with Crippen LogP contribution in [0.25, 0.3) is 10.9 Å². The number of fused-ring (bicyclic) bond motifs is 1. The van der Waals surface area contributed by atoms with Crippen LogP contribution in [0.2, 0.25) is 0 Å². The number of hydrogen-bond acceptors (Lipinski definition) is 4. The number of nitrogens with one attached hydrogen (secondary N) is 1. The van der Waals surface area contributed by atoms with E-state index in [4.69, 9.17) is 0 Å². The Kier molecular flexibility index (Phi) is 6.95. The number of para-hydroxylation sites is 1. The summed E-state index contributed by atoms with van der Waals surface area (Å²) in [7, 11) is -3.29. The van der Waals surface area contributed by atoms with E-state index < -0.39 is 10.0 Å². The fourth-order valence-electron chi connectivity index (χ4n) is 4.36. The molecule has 0 saturated carbocycles. The van der Waals surface area contributed by atoms with Gasteiger partial charge in [-0.3, -0.25) is 4.79 Å². The molecule has 8 heteroatoms. The molecule has 33 heavy (non-hydrogen) atoms. The van der Waals surface area contributed by atoms with E-state index >= 15 is 0 Å². The van der Waals surface area contributed by atoms with Crippen LogP contribution in [-0.2, 0) is 21.4 Å². The molecule has 1 aliphatic rings. The van der Waals surface area contributed by atoms with Crippen LogP contribution in [0.1, 0.15) is 36.5 Å². The highest BCUT2D eigenvalue weighted by Crippen LogP contribution is 2.22. The summed E-state index contributed by atoms with van der Waals surface area (Å²) in [6.45, 7) is 5.14. The van der Waals surface area contributed by atoms with Gasteiger partial charge in [0.05, 0.1) is 17.9 Å². The largest absolute Gasteiger partial charge is 0.342 e. The van der Waals surface area contributed by atoms with Gasteiger partial charge in [0.25, 0.3) is 0 Å². The van der Waals surface area contributed by atoms with Gasteiger partial charge in [-0.1, -0.05) is 48.0 Å². The summed E-state index contributed by atoms with van der Waals surface area (Å²) in [5.41, 5.74) is 7.08. The van der Waals surface area contributed by atoms with E-state index in [0.717, 1.165) is 23.0 Å². The first-order valence-corrected chi connectivity index (χ1v) is 12.9. The van der Waals surface area contributed by atoms with E-state index in [2.05, 4.69) is 52.3 Å². The molecule has 174 valence electrons. The summed E-state index contributed by atoms with van der Waals surface area (Å²) in [6, 6.07) is 16.5. The summed E-state index contributed by atoms with van der Waals surface area (Å²) in [5, 5.41) is 5.26. The van der Waals surface area contributed by atoms with Crippen LogP contribution in [0, 0.1) is 12.8 Å². The Hall–Kier alpha value is -2.97. The van der Waals surface area contributed by atoms with Crippen LogP contribution in [0.4, 0.5) is 0 Å². The summed E-state index contributed by atoms with van der Waals surface area (Å²) in [6.07, 6.45) is 5.04. The monoisotopic (exact) mass is 466 g/mol. The number of carbonyl (C=O) groups is 1. The third-order valence-corrected chi connectivity index (χ3v) is 7.99. The average Bonchev–Trinajstić information content (AvgIpc) is 3.16. The van der Waals surface area contributed by atoms with Gasteiger partial charge in [0.15, 0.2) is 0 Å². The normalized spacial score (nSPS) is 17.6. The molecule has 1 atom stereocenters. The molecule has 1 N–H and O–H groups in total. The number of sulfonamides is 1. The summed E-state index contributed by atoms with van der Waals surface area (Å²) in [4.78, 5) is 12.6. The number of carbonyl (C=O) groups excluding carboxylic acids is 1. The third-order valence-electron chi connectivity index (χ3n) is 6.15.